The van der Waals surface area contributed by atoms with E-state index in [0.717, 1.165) is 31.4 Å². The van der Waals surface area contributed by atoms with Gasteiger partial charge in [-0.3, -0.25) is 0 Å². The first-order valence-corrected chi connectivity index (χ1v) is 7.68. The highest BCUT2D eigenvalue weighted by Gasteiger charge is 2.52. The van der Waals surface area contributed by atoms with E-state index in [1.165, 1.54) is 6.33 Å². The van der Waals surface area contributed by atoms with Gasteiger partial charge in [-0.15, -0.1) is 10.2 Å². The third-order valence-corrected chi connectivity index (χ3v) is 4.60. The molecule has 2 aliphatic carbocycles. The lowest BCUT2D eigenvalue weighted by Crippen LogP contribution is -2.29. The number of rotatable bonds is 4. The Labute approximate surface area is 127 Å². The van der Waals surface area contributed by atoms with E-state index in [-0.39, 0.29) is 5.92 Å². The molecule has 0 bridgehead atoms. The SMILES string of the molecule is Cn1cnnc1[C@@](F)(c1cc(Cl)nc(C2CC2)c1)C1CC1. The largest absolute Gasteiger partial charge is 0.318 e. The molecule has 0 N–H and O–H groups in total. The van der Waals surface area contributed by atoms with E-state index in [0.29, 0.717) is 22.5 Å². The van der Waals surface area contributed by atoms with Crippen molar-refractivity contribution in [1.82, 2.24) is 19.7 Å². The lowest BCUT2D eigenvalue weighted by Gasteiger charge is -2.25. The standard InChI is InChI=1S/C15H16ClFN4/c1-21-8-18-20-14(21)15(17,10-4-5-10)11-6-12(9-2-3-9)19-13(16)7-11/h6-10H,2-5H2,1H3/t15-/m0/s1. The molecule has 0 saturated heterocycles. The van der Waals surface area contributed by atoms with Crippen LogP contribution in [0.2, 0.25) is 5.15 Å². The van der Waals surface area contributed by atoms with Crippen LogP contribution in [0.5, 0.6) is 0 Å². The zero-order valence-corrected chi connectivity index (χ0v) is 12.5. The van der Waals surface area contributed by atoms with E-state index in [1.807, 2.05) is 6.07 Å². The van der Waals surface area contributed by atoms with Crippen molar-refractivity contribution < 1.29 is 4.39 Å². The Bertz CT molecular complexity index is 693. The second-order valence-corrected chi connectivity index (χ2v) is 6.52. The lowest BCUT2D eigenvalue weighted by atomic mass is 9.89. The van der Waals surface area contributed by atoms with E-state index < -0.39 is 5.67 Å². The van der Waals surface area contributed by atoms with E-state index in [2.05, 4.69) is 15.2 Å². The Morgan fingerprint density at radius 1 is 1.29 bits per heavy atom. The van der Waals surface area contributed by atoms with Crippen LogP contribution in [0.25, 0.3) is 0 Å². The Hall–Kier alpha value is -1.49. The molecule has 2 aliphatic rings. The van der Waals surface area contributed by atoms with Crippen molar-refractivity contribution in [2.24, 2.45) is 13.0 Å². The highest BCUT2D eigenvalue weighted by atomic mass is 35.5. The summed E-state index contributed by atoms with van der Waals surface area (Å²) in [5.74, 6) is 0.741. The van der Waals surface area contributed by atoms with Crippen molar-refractivity contribution in [1.29, 1.82) is 0 Å². The summed E-state index contributed by atoms with van der Waals surface area (Å²) in [5, 5.41) is 8.22. The molecule has 0 unspecified atom stereocenters. The third kappa shape index (κ3) is 2.14. The van der Waals surface area contributed by atoms with E-state index in [1.54, 1.807) is 17.7 Å². The smallest absolute Gasteiger partial charge is 0.198 e. The zero-order chi connectivity index (χ0) is 14.6. The fourth-order valence-electron chi connectivity index (χ4n) is 2.96. The number of hydrogen-bond donors (Lipinski definition) is 0. The number of hydrogen-bond acceptors (Lipinski definition) is 3. The molecule has 0 radical (unpaired) electrons. The number of alkyl halides is 1. The van der Waals surface area contributed by atoms with Gasteiger partial charge in [0.2, 0.25) is 0 Å². The van der Waals surface area contributed by atoms with Gasteiger partial charge in [0.15, 0.2) is 11.5 Å². The zero-order valence-electron chi connectivity index (χ0n) is 11.8. The number of aryl methyl sites for hydroxylation is 1. The Kier molecular flexibility index (Phi) is 2.83. The molecular weight excluding hydrogens is 291 g/mol. The van der Waals surface area contributed by atoms with Crippen LogP contribution in [0.3, 0.4) is 0 Å². The van der Waals surface area contributed by atoms with Crippen LogP contribution >= 0.6 is 11.6 Å². The summed E-state index contributed by atoms with van der Waals surface area (Å²) >= 11 is 6.13. The highest BCUT2D eigenvalue weighted by Crippen LogP contribution is 2.53. The van der Waals surface area contributed by atoms with Crippen LogP contribution < -0.4 is 0 Å². The molecule has 0 spiro atoms. The first kappa shape index (κ1) is 13.2. The predicted molar refractivity (Wildman–Crippen MR) is 76.8 cm³/mol. The normalized spacial score (nSPS) is 21.3. The molecule has 110 valence electrons. The maximum absolute atomic E-state index is 16.0. The summed E-state index contributed by atoms with van der Waals surface area (Å²) in [4.78, 5) is 4.35. The van der Waals surface area contributed by atoms with Crippen LogP contribution in [0, 0.1) is 5.92 Å². The molecule has 0 aromatic carbocycles. The predicted octanol–water partition coefficient (Wildman–Crippen LogP) is 3.36. The summed E-state index contributed by atoms with van der Waals surface area (Å²) in [6.07, 6.45) is 5.49. The summed E-state index contributed by atoms with van der Waals surface area (Å²) in [6, 6.07) is 3.51. The molecule has 2 fully saturated rings. The molecule has 2 heterocycles. The van der Waals surface area contributed by atoms with Gasteiger partial charge < -0.3 is 4.57 Å². The van der Waals surface area contributed by atoms with Crippen LogP contribution in [0.4, 0.5) is 4.39 Å². The summed E-state index contributed by atoms with van der Waals surface area (Å²) < 4.78 is 17.6. The lowest BCUT2D eigenvalue weighted by molar-refractivity contribution is 0.168. The molecule has 0 amide bonds. The molecule has 2 aromatic rings. The average molecular weight is 307 g/mol. The minimum absolute atomic E-state index is 0.0501. The fourth-order valence-corrected chi connectivity index (χ4v) is 3.17. The minimum Gasteiger partial charge on any atom is -0.318 e. The van der Waals surface area contributed by atoms with Gasteiger partial charge in [0.05, 0.1) is 0 Å². The summed E-state index contributed by atoms with van der Waals surface area (Å²) in [5.41, 5.74) is -0.146. The van der Waals surface area contributed by atoms with Crippen molar-refractivity contribution in [2.75, 3.05) is 0 Å². The van der Waals surface area contributed by atoms with Gasteiger partial charge in [0.25, 0.3) is 0 Å². The Balaban J connectivity index is 1.86. The first-order valence-electron chi connectivity index (χ1n) is 7.30. The first-order chi connectivity index (χ1) is 10.1. The van der Waals surface area contributed by atoms with Crippen molar-refractivity contribution >= 4 is 11.6 Å². The number of nitrogens with zero attached hydrogens (tertiary/aromatic N) is 4. The highest BCUT2D eigenvalue weighted by molar-refractivity contribution is 6.29. The second kappa shape index (κ2) is 4.50. The topological polar surface area (TPSA) is 43.6 Å². The second-order valence-electron chi connectivity index (χ2n) is 6.13. The van der Waals surface area contributed by atoms with Gasteiger partial charge in [-0.05, 0) is 37.8 Å². The molecule has 1 atom stereocenters. The molecule has 6 heteroatoms. The monoisotopic (exact) mass is 306 g/mol. The summed E-state index contributed by atoms with van der Waals surface area (Å²) in [7, 11) is 1.77. The quantitative estimate of drug-likeness (QED) is 0.814. The summed E-state index contributed by atoms with van der Waals surface area (Å²) in [6.45, 7) is 0. The number of halogens is 2. The van der Waals surface area contributed by atoms with Gasteiger partial charge >= 0.3 is 0 Å². The van der Waals surface area contributed by atoms with Gasteiger partial charge in [-0.2, -0.15) is 0 Å². The maximum atomic E-state index is 16.0. The number of aromatic nitrogens is 4. The van der Waals surface area contributed by atoms with Crippen LogP contribution in [-0.4, -0.2) is 19.7 Å². The van der Waals surface area contributed by atoms with Gasteiger partial charge in [0.1, 0.15) is 11.5 Å². The molecule has 0 aliphatic heterocycles. The number of pyridine rings is 1. The van der Waals surface area contributed by atoms with Crippen LogP contribution in [-0.2, 0) is 12.7 Å². The molecule has 4 rings (SSSR count). The van der Waals surface area contributed by atoms with Crippen LogP contribution in [0.1, 0.15) is 48.7 Å². The van der Waals surface area contributed by atoms with E-state index in [9.17, 15) is 0 Å². The molecule has 4 nitrogen and oxygen atoms in total. The molecule has 2 aromatic heterocycles. The Morgan fingerprint density at radius 3 is 2.62 bits per heavy atom. The van der Waals surface area contributed by atoms with Crippen molar-refractivity contribution in [2.45, 2.75) is 37.3 Å². The molecular formula is C15H16ClFN4. The van der Waals surface area contributed by atoms with E-state index >= 15 is 4.39 Å². The van der Waals surface area contributed by atoms with Gasteiger partial charge in [-0.25, -0.2) is 9.37 Å². The van der Waals surface area contributed by atoms with Gasteiger partial charge in [-0.1, -0.05) is 11.6 Å². The third-order valence-electron chi connectivity index (χ3n) is 4.41. The molecule has 21 heavy (non-hydrogen) atoms. The maximum Gasteiger partial charge on any atom is 0.198 e. The Morgan fingerprint density at radius 2 is 2.05 bits per heavy atom. The minimum atomic E-state index is -1.62. The van der Waals surface area contributed by atoms with E-state index in [4.69, 9.17) is 11.6 Å². The molecule has 2 saturated carbocycles. The average Bonchev–Trinajstić information content (AvgIpc) is 3.35. The van der Waals surface area contributed by atoms with Crippen molar-refractivity contribution in [3.63, 3.8) is 0 Å². The van der Waals surface area contributed by atoms with Crippen LogP contribution in [0.15, 0.2) is 18.5 Å². The van der Waals surface area contributed by atoms with Crippen molar-refractivity contribution in [3.8, 4) is 0 Å². The fraction of sp³-hybridized carbons (Fsp3) is 0.533. The van der Waals surface area contributed by atoms with Gasteiger partial charge in [0, 0.05) is 30.1 Å². The van der Waals surface area contributed by atoms with Crippen molar-refractivity contribution in [3.05, 3.63) is 40.7 Å².